The van der Waals surface area contributed by atoms with Crippen LogP contribution in [0.15, 0.2) is 24.3 Å². The summed E-state index contributed by atoms with van der Waals surface area (Å²) in [5, 5.41) is 0. The van der Waals surface area contributed by atoms with Gasteiger partial charge in [-0.2, -0.15) is 0 Å². The van der Waals surface area contributed by atoms with Gasteiger partial charge < -0.3 is 4.74 Å². The summed E-state index contributed by atoms with van der Waals surface area (Å²) in [4.78, 5) is 10.8. The molecule has 15 heavy (non-hydrogen) atoms. The molecule has 0 radical (unpaired) electrons. The van der Waals surface area contributed by atoms with Crippen molar-refractivity contribution in [3.8, 4) is 0 Å². The predicted molar refractivity (Wildman–Crippen MR) is 59.1 cm³/mol. The van der Waals surface area contributed by atoms with Crippen LogP contribution in [0, 0.1) is 0 Å². The van der Waals surface area contributed by atoms with Crippen LogP contribution in [0.1, 0.15) is 39.5 Å². The summed E-state index contributed by atoms with van der Waals surface area (Å²) in [6.45, 7) is 4.42. The van der Waals surface area contributed by atoms with Crippen molar-refractivity contribution in [1.82, 2.24) is 0 Å². The van der Waals surface area contributed by atoms with Crippen LogP contribution >= 0.6 is 0 Å². The molecule has 0 saturated carbocycles. The molecule has 0 aliphatic heterocycles. The van der Waals surface area contributed by atoms with Gasteiger partial charge in [0.1, 0.15) is 0 Å². The van der Waals surface area contributed by atoms with Crippen LogP contribution in [0.3, 0.4) is 0 Å². The van der Waals surface area contributed by atoms with E-state index in [0.717, 1.165) is 6.42 Å². The molecule has 3 heteroatoms. The number of hydrogen-bond donors (Lipinski definition) is 0. The predicted octanol–water partition coefficient (Wildman–Crippen LogP) is 3.24. The first-order valence-electron chi connectivity index (χ1n) is 5.31. The second kappa shape index (κ2) is 13.6. The first kappa shape index (κ1) is 17.0. The van der Waals surface area contributed by atoms with Crippen molar-refractivity contribution < 1.29 is 29.0 Å². The fourth-order valence-corrected chi connectivity index (χ4v) is 1.01. The van der Waals surface area contributed by atoms with E-state index in [0.29, 0.717) is 6.61 Å². The molecule has 0 amide bonds. The van der Waals surface area contributed by atoms with Gasteiger partial charge in [-0.1, -0.05) is 38.0 Å². The Morgan fingerprint density at radius 2 is 1.93 bits per heavy atom. The van der Waals surface area contributed by atoms with Crippen LogP contribution in [0.25, 0.3) is 0 Å². The molecule has 0 saturated heterocycles. The second-order valence-electron chi connectivity index (χ2n) is 3.04. The molecule has 0 rings (SSSR count). The third kappa shape index (κ3) is 13.6. The van der Waals surface area contributed by atoms with Gasteiger partial charge in [0.25, 0.3) is 0 Å². The summed E-state index contributed by atoms with van der Waals surface area (Å²) in [6, 6.07) is 0. The fraction of sp³-hybridized carbons (Fsp3) is 0.583. The van der Waals surface area contributed by atoms with Crippen molar-refractivity contribution in [3.63, 3.8) is 0 Å². The Hall–Kier alpha value is -0.427. The molecule has 0 aromatic heterocycles. The molecule has 88 valence electrons. The van der Waals surface area contributed by atoms with Gasteiger partial charge in [0.15, 0.2) is 0 Å². The molecule has 0 aromatic carbocycles. The molecular formula is C12H20O2Ru. The number of allylic oxidation sites excluding steroid dienone is 3. The number of ether oxygens (including phenoxy) is 1. The number of rotatable bonds is 7. The number of carbonyl (C=O) groups is 1. The van der Waals surface area contributed by atoms with Gasteiger partial charge in [0.2, 0.25) is 0 Å². The van der Waals surface area contributed by atoms with Gasteiger partial charge in [0.05, 0.1) is 6.61 Å². The molecule has 0 N–H and O–H groups in total. The molecule has 0 fully saturated rings. The quantitative estimate of drug-likeness (QED) is 0.237. The average Bonchev–Trinajstić information content (AvgIpc) is 2.17. The molecule has 0 bridgehead atoms. The Kier molecular flexibility index (Phi) is 15.4. The maximum atomic E-state index is 10.8. The molecule has 0 aliphatic carbocycles. The van der Waals surface area contributed by atoms with Gasteiger partial charge in [-0.25, -0.2) is 4.79 Å². The van der Waals surface area contributed by atoms with E-state index in [-0.39, 0.29) is 25.4 Å². The van der Waals surface area contributed by atoms with Crippen molar-refractivity contribution in [1.29, 1.82) is 0 Å². The van der Waals surface area contributed by atoms with E-state index < -0.39 is 0 Å². The number of unbranched alkanes of at least 4 members (excludes halogenated alkanes) is 3. The molecule has 0 aromatic rings. The fourth-order valence-electron chi connectivity index (χ4n) is 1.01. The minimum Gasteiger partial charge on any atom is -0.463 e. The van der Waals surface area contributed by atoms with E-state index >= 15 is 0 Å². The maximum Gasteiger partial charge on any atom is 0.330 e. The smallest absolute Gasteiger partial charge is 0.330 e. The molecule has 0 aliphatic rings. The second-order valence-corrected chi connectivity index (χ2v) is 3.04. The van der Waals surface area contributed by atoms with E-state index in [9.17, 15) is 4.79 Å². The zero-order valence-corrected chi connectivity index (χ0v) is 11.3. The van der Waals surface area contributed by atoms with Crippen molar-refractivity contribution >= 4 is 5.97 Å². The Morgan fingerprint density at radius 3 is 2.53 bits per heavy atom. The van der Waals surface area contributed by atoms with E-state index in [1.54, 1.807) is 13.0 Å². The third-order valence-corrected chi connectivity index (χ3v) is 1.74. The number of hydrogen-bond acceptors (Lipinski definition) is 2. The van der Waals surface area contributed by atoms with Crippen LogP contribution in [-0.4, -0.2) is 12.6 Å². The first-order chi connectivity index (χ1) is 6.81. The molecular weight excluding hydrogens is 277 g/mol. The van der Waals surface area contributed by atoms with Crippen LogP contribution in [0.4, 0.5) is 0 Å². The standard InChI is InChI=1S/C12H20O2.Ru/c1-3-5-6-7-8-9-10-11-12(13)14-4-2;/h8-11H,3-7H2,1-2H3;. The molecule has 0 heterocycles. The largest absolute Gasteiger partial charge is 0.463 e. The van der Waals surface area contributed by atoms with Gasteiger partial charge in [-0.3, -0.25) is 0 Å². The zero-order chi connectivity index (χ0) is 10.6. The Bertz CT molecular complexity index is 198. The topological polar surface area (TPSA) is 26.3 Å². The van der Waals surface area contributed by atoms with Gasteiger partial charge >= 0.3 is 5.97 Å². The van der Waals surface area contributed by atoms with Crippen molar-refractivity contribution in [3.05, 3.63) is 24.3 Å². The van der Waals surface area contributed by atoms with E-state index in [1.807, 2.05) is 6.08 Å². The average molecular weight is 297 g/mol. The van der Waals surface area contributed by atoms with E-state index in [4.69, 9.17) is 4.74 Å². The molecule has 0 unspecified atom stereocenters. The normalized spacial score (nSPS) is 10.5. The summed E-state index contributed by atoms with van der Waals surface area (Å²) < 4.78 is 4.73. The molecule has 0 atom stereocenters. The van der Waals surface area contributed by atoms with Crippen LogP contribution < -0.4 is 0 Å². The van der Waals surface area contributed by atoms with Crippen molar-refractivity contribution in [2.75, 3.05) is 6.61 Å². The van der Waals surface area contributed by atoms with Crippen molar-refractivity contribution in [2.45, 2.75) is 39.5 Å². The minimum atomic E-state index is -0.272. The third-order valence-electron chi connectivity index (χ3n) is 1.74. The van der Waals surface area contributed by atoms with Crippen LogP contribution in [-0.2, 0) is 29.0 Å². The number of esters is 1. The molecule has 2 nitrogen and oxygen atoms in total. The van der Waals surface area contributed by atoms with Gasteiger partial charge in [0, 0.05) is 25.6 Å². The van der Waals surface area contributed by atoms with E-state index in [2.05, 4.69) is 13.0 Å². The Morgan fingerprint density at radius 1 is 1.20 bits per heavy atom. The molecule has 0 spiro atoms. The summed E-state index contributed by atoms with van der Waals surface area (Å²) in [5.74, 6) is -0.272. The first-order valence-corrected chi connectivity index (χ1v) is 5.31. The van der Waals surface area contributed by atoms with Crippen molar-refractivity contribution in [2.24, 2.45) is 0 Å². The van der Waals surface area contributed by atoms with Crippen LogP contribution in [0.5, 0.6) is 0 Å². The Balaban J connectivity index is 0. The Labute approximate surface area is 106 Å². The number of carbonyl (C=O) groups excluding carboxylic acids is 1. The van der Waals surface area contributed by atoms with Crippen LogP contribution in [0.2, 0.25) is 0 Å². The summed E-state index contributed by atoms with van der Waals surface area (Å²) >= 11 is 0. The SMILES string of the molecule is CCCCCC=CC=CC(=O)OCC.[Ru]. The minimum absolute atomic E-state index is 0. The maximum absolute atomic E-state index is 10.8. The summed E-state index contributed by atoms with van der Waals surface area (Å²) in [6.07, 6.45) is 12.0. The summed E-state index contributed by atoms with van der Waals surface area (Å²) in [7, 11) is 0. The van der Waals surface area contributed by atoms with E-state index in [1.165, 1.54) is 25.3 Å². The van der Waals surface area contributed by atoms with Gasteiger partial charge in [-0.05, 0) is 19.8 Å². The van der Waals surface area contributed by atoms with Gasteiger partial charge in [-0.15, -0.1) is 0 Å². The summed E-state index contributed by atoms with van der Waals surface area (Å²) in [5.41, 5.74) is 0. The monoisotopic (exact) mass is 298 g/mol. The zero-order valence-electron chi connectivity index (χ0n) is 9.51.